The van der Waals surface area contributed by atoms with Crippen LogP contribution in [0.15, 0.2) is 0 Å². The van der Waals surface area contributed by atoms with E-state index in [-0.39, 0.29) is 19.5 Å². The molecule has 0 bridgehead atoms. The normalized spacial score (nSPS) is 10.4. The zero-order chi connectivity index (χ0) is 10.5. The molecule has 0 saturated carbocycles. The summed E-state index contributed by atoms with van der Waals surface area (Å²) < 4.78 is 7.07. The van der Waals surface area contributed by atoms with Crippen molar-refractivity contribution in [2.24, 2.45) is 0 Å². The maximum atomic E-state index is 5.69. The van der Waals surface area contributed by atoms with Gasteiger partial charge in [-0.05, 0) is 0 Å². The van der Waals surface area contributed by atoms with Gasteiger partial charge < -0.3 is 0 Å². The molecule has 0 rings (SSSR count). The summed E-state index contributed by atoms with van der Waals surface area (Å²) in [6.45, 7) is 5.55. The van der Waals surface area contributed by atoms with Crippen molar-refractivity contribution >= 4 is 0 Å². The van der Waals surface area contributed by atoms with Crippen LogP contribution in [0.5, 0.6) is 0 Å². The summed E-state index contributed by atoms with van der Waals surface area (Å²) in [7, 11) is 0. The fourth-order valence-corrected chi connectivity index (χ4v) is 2.66. The first-order valence-corrected chi connectivity index (χ1v) is 8.00. The van der Waals surface area contributed by atoms with Crippen LogP contribution >= 0.6 is 0 Å². The monoisotopic (exact) mass is 234 g/mol. The molecule has 0 N–H and O–H groups in total. The molecule has 0 aromatic rings. The minimum atomic E-state index is -0.0376. The van der Waals surface area contributed by atoms with Gasteiger partial charge in [-0.15, -0.1) is 0 Å². The van der Waals surface area contributed by atoms with E-state index in [1.54, 1.807) is 0 Å². The van der Waals surface area contributed by atoms with Gasteiger partial charge >= 0.3 is 99.4 Å². The molecule has 0 aliphatic heterocycles. The van der Waals surface area contributed by atoms with Crippen LogP contribution in [0.3, 0.4) is 0 Å². The molecule has 0 aromatic heterocycles. The van der Waals surface area contributed by atoms with Crippen molar-refractivity contribution in [2.75, 3.05) is 6.61 Å². The van der Waals surface area contributed by atoms with Crippen LogP contribution in [0.4, 0.5) is 0 Å². The zero-order valence-electron chi connectivity index (χ0n) is 9.98. The fraction of sp³-hybridized carbons (Fsp3) is 1.00. The fourth-order valence-electron chi connectivity index (χ4n) is 1.37. The molecule has 0 aromatic carbocycles. The maximum absolute atomic E-state index is 5.69. The molecule has 84 valence electrons. The minimum absolute atomic E-state index is 0.0376. The Morgan fingerprint density at radius 3 is 2.07 bits per heavy atom. The second-order valence-corrected chi connectivity index (χ2v) is 5.55. The third-order valence-corrected chi connectivity index (χ3v) is 3.84. The van der Waals surface area contributed by atoms with Gasteiger partial charge in [0.2, 0.25) is 0 Å². The van der Waals surface area contributed by atoms with Crippen molar-refractivity contribution in [1.82, 2.24) is 0 Å². The van der Waals surface area contributed by atoms with Gasteiger partial charge in [0.1, 0.15) is 0 Å². The molecule has 0 fully saturated rings. The van der Waals surface area contributed by atoms with E-state index >= 15 is 0 Å². The summed E-state index contributed by atoms with van der Waals surface area (Å²) in [5.41, 5.74) is 0. The van der Waals surface area contributed by atoms with Crippen molar-refractivity contribution in [3.63, 3.8) is 0 Å². The molecule has 0 spiro atoms. The van der Waals surface area contributed by atoms with Crippen molar-refractivity contribution in [1.29, 1.82) is 0 Å². The molecule has 2 heteroatoms. The van der Waals surface area contributed by atoms with Gasteiger partial charge in [0, 0.05) is 0 Å². The van der Waals surface area contributed by atoms with Crippen molar-refractivity contribution in [3.05, 3.63) is 0 Å². The van der Waals surface area contributed by atoms with E-state index in [0.717, 1.165) is 6.61 Å². The topological polar surface area (TPSA) is 9.23 Å². The molecular weight excluding hydrogens is 208 g/mol. The second-order valence-electron chi connectivity index (χ2n) is 3.86. The van der Waals surface area contributed by atoms with E-state index in [1.165, 1.54) is 56.1 Å². The number of hydrogen-bond donors (Lipinski definition) is 0. The molecule has 0 unspecified atom stereocenters. The Hall–Kier alpha value is 0.674. The number of rotatable bonds is 11. The van der Waals surface area contributed by atoms with E-state index < -0.39 is 0 Å². The molecule has 1 nitrogen and oxygen atoms in total. The van der Waals surface area contributed by atoms with Crippen LogP contribution in [0.1, 0.15) is 65.2 Å². The average Bonchev–Trinajstić information content (AvgIpc) is 2.21. The van der Waals surface area contributed by atoms with Gasteiger partial charge in [-0.2, -0.15) is 0 Å². The molecule has 0 aliphatic carbocycles. The quantitative estimate of drug-likeness (QED) is 0.375. The summed E-state index contributed by atoms with van der Waals surface area (Å²) >= 11 is -0.0376. The molecule has 0 saturated heterocycles. The first-order chi connectivity index (χ1) is 6.91. The van der Waals surface area contributed by atoms with E-state index in [9.17, 15) is 0 Å². The zero-order valence-corrected chi connectivity index (χ0v) is 11.5. The van der Waals surface area contributed by atoms with Gasteiger partial charge in [-0.1, -0.05) is 0 Å². The molecular formula is C12H26OTi. The van der Waals surface area contributed by atoms with Crippen molar-refractivity contribution in [2.45, 2.75) is 69.9 Å². The van der Waals surface area contributed by atoms with Gasteiger partial charge in [0.25, 0.3) is 0 Å². The first kappa shape index (κ1) is 14.7. The SMILES string of the molecule is CCCCCC[O][Ti][CH2]CCCCC. The van der Waals surface area contributed by atoms with E-state index in [0.29, 0.717) is 0 Å². The third-order valence-electron chi connectivity index (χ3n) is 2.33. The predicted octanol–water partition coefficient (Wildman–Crippen LogP) is 4.58. The Bertz CT molecular complexity index is 84.3. The Labute approximate surface area is 99.4 Å². The number of hydrogen-bond acceptors (Lipinski definition) is 1. The summed E-state index contributed by atoms with van der Waals surface area (Å²) in [6, 6.07) is 0. The Kier molecular flexibility index (Phi) is 14.3. The predicted molar refractivity (Wildman–Crippen MR) is 59.0 cm³/mol. The van der Waals surface area contributed by atoms with Gasteiger partial charge in [-0.3, -0.25) is 0 Å². The Balaban J connectivity index is 2.78. The van der Waals surface area contributed by atoms with Crippen molar-refractivity contribution < 1.29 is 22.9 Å². The molecule has 0 aliphatic rings. The molecule has 14 heavy (non-hydrogen) atoms. The Morgan fingerprint density at radius 1 is 0.786 bits per heavy atom. The molecule has 0 atom stereocenters. The average molecular weight is 234 g/mol. The van der Waals surface area contributed by atoms with Crippen LogP contribution in [0.25, 0.3) is 0 Å². The standard InChI is InChI=1S/C6H13O.C6H13.Ti/c1-2-3-4-5-6-7;1-3-5-6-4-2;/h2-6H2,1H3;1,3-6H2,2H3;/q-1;;+1. The van der Waals surface area contributed by atoms with Crippen LogP contribution < -0.4 is 0 Å². The van der Waals surface area contributed by atoms with E-state index in [4.69, 9.17) is 3.32 Å². The molecule has 0 amide bonds. The van der Waals surface area contributed by atoms with E-state index in [2.05, 4.69) is 13.8 Å². The van der Waals surface area contributed by atoms with Crippen molar-refractivity contribution in [3.8, 4) is 0 Å². The first-order valence-electron chi connectivity index (χ1n) is 6.26. The summed E-state index contributed by atoms with van der Waals surface area (Å²) in [5, 5.41) is 0. The van der Waals surface area contributed by atoms with Gasteiger partial charge in [-0.25, -0.2) is 0 Å². The van der Waals surface area contributed by atoms with E-state index in [1.807, 2.05) is 0 Å². The number of unbranched alkanes of at least 4 members (excludes halogenated alkanes) is 6. The van der Waals surface area contributed by atoms with Crippen LogP contribution in [-0.2, 0) is 22.9 Å². The summed E-state index contributed by atoms with van der Waals surface area (Å²) in [4.78, 5) is 0. The Morgan fingerprint density at radius 2 is 1.43 bits per heavy atom. The third kappa shape index (κ3) is 12.7. The molecule has 0 heterocycles. The summed E-state index contributed by atoms with van der Waals surface area (Å²) in [6.07, 6.45) is 10.9. The van der Waals surface area contributed by atoms with Crippen LogP contribution in [-0.4, -0.2) is 6.61 Å². The van der Waals surface area contributed by atoms with Gasteiger partial charge in [0.15, 0.2) is 0 Å². The molecule has 0 radical (unpaired) electrons. The van der Waals surface area contributed by atoms with Crippen LogP contribution in [0, 0.1) is 0 Å². The second kappa shape index (κ2) is 13.7. The van der Waals surface area contributed by atoms with Gasteiger partial charge in [0.05, 0.1) is 0 Å². The summed E-state index contributed by atoms with van der Waals surface area (Å²) in [5.74, 6) is 0. The van der Waals surface area contributed by atoms with Crippen LogP contribution in [0.2, 0.25) is 4.73 Å².